The Hall–Kier alpha value is -2.26. The number of aliphatic imine (C=N–C) groups is 2. The SMILES string of the molecule is C=NC(=N/C=C(\C)C(CNC(=O)c1c(F)cccc1Cl)C1CCOCC1)C(F)(F)F. The molecule has 0 aliphatic carbocycles. The highest BCUT2D eigenvalue weighted by molar-refractivity contribution is 6.33. The van der Waals surface area contributed by atoms with Crippen molar-refractivity contribution in [3.05, 3.63) is 46.4 Å². The van der Waals surface area contributed by atoms with Crippen LogP contribution < -0.4 is 5.32 Å². The van der Waals surface area contributed by atoms with E-state index in [-0.39, 0.29) is 29.0 Å². The smallest absolute Gasteiger partial charge is 0.381 e. The van der Waals surface area contributed by atoms with Crippen LogP contribution in [0.5, 0.6) is 0 Å². The Balaban J connectivity index is 2.23. The number of ether oxygens (including phenoxy) is 1. The van der Waals surface area contributed by atoms with Gasteiger partial charge in [0.1, 0.15) is 5.82 Å². The summed E-state index contributed by atoms with van der Waals surface area (Å²) in [5.74, 6) is -3.09. The van der Waals surface area contributed by atoms with E-state index in [2.05, 4.69) is 22.0 Å². The highest BCUT2D eigenvalue weighted by Crippen LogP contribution is 2.30. The van der Waals surface area contributed by atoms with E-state index in [9.17, 15) is 22.4 Å². The van der Waals surface area contributed by atoms with Gasteiger partial charge in [0.25, 0.3) is 5.91 Å². The molecular formula is C20H22ClF4N3O2. The second kappa shape index (κ2) is 10.7. The van der Waals surface area contributed by atoms with E-state index in [1.807, 2.05) is 0 Å². The fourth-order valence-corrected chi connectivity index (χ4v) is 3.53. The summed E-state index contributed by atoms with van der Waals surface area (Å²) in [4.78, 5) is 18.8. The van der Waals surface area contributed by atoms with Crippen LogP contribution in [0.15, 0.2) is 40.0 Å². The number of rotatable bonds is 6. The number of carbonyl (C=O) groups is 1. The first-order valence-electron chi connectivity index (χ1n) is 9.23. The van der Waals surface area contributed by atoms with Gasteiger partial charge in [-0.05, 0) is 50.1 Å². The maximum Gasteiger partial charge on any atom is 0.451 e. The van der Waals surface area contributed by atoms with Crippen LogP contribution in [0.25, 0.3) is 0 Å². The van der Waals surface area contributed by atoms with Gasteiger partial charge in [0.05, 0.1) is 10.6 Å². The van der Waals surface area contributed by atoms with E-state index in [4.69, 9.17) is 16.3 Å². The molecule has 1 heterocycles. The summed E-state index contributed by atoms with van der Waals surface area (Å²) in [6.45, 7) is 5.62. The molecule has 0 radical (unpaired) electrons. The minimum absolute atomic E-state index is 0.0288. The number of hydrogen-bond donors (Lipinski definition) is 1. The number of benzene rings is 1. The molecule has 1 aromatic rings. The molecule has 10 heteroatoms. The second-order valence-electron chi connectivity index (χ2n) is 6.84. The van der Waals surface area contributed by atoms with Crippen LogP contribution >= 0.6 is 11.6 Å². The molecule has 1 unspecified atom stereocenters. The summed E-state index contributed by atoms with van der Waals surface area (Å²) in [7, 11) is 0. The number of carbonyl (C=O) groups excluding carboxylic acids is 1. The van der Waals surface area contributed by atoms with Gasteiger partial charge in [-0.25, -0.2) is 14.4 Å². The number of amides is 1. The van der Waals surface area contributed by atoms with Crippen LogP contribution in [0, 0.1) is 17.7 Å². The highest BCUT2D eigenvalue weighted by Gasteiger charge is 2.35. The molecule has 0 bridgehead atoms. The first-order chi connectivity index (χ1) is 14.1. The van der Waals surface area contributed by atoms with E-state index in [1.165, 1.54) is 12.1 Å². The van der Waals surface area contributed by atoms with Crippen LogP contribution in [-0.2, 0) is 4.74 Å². The molecule has 1 fully saturated rings. The topological polar surface area (TPSA) is 63.0 Å². The predicted octanol–water partition coefficient (Wildman–Crippen LogP) is 4.82. The van der Waals surface area contributed by atoms with Crippen molar-refractivity contribution >= 4 is 30.1 Å². The molecule has 0 spiro atoms. The van der Waals surface area contributed by atoms with Gasteiger partial charge in [-0.2, -0.15) is 13.2 Å². The van der Waals surface area contributed by atoms with E-state index in [1.54, 1.807) is 6.92 Å². The van der Waals surface area contributed by atoms with Crippen molar-refractivity contribution in [3.8, 4) is 0 Å². The van der Waals surface area contributed by atoms with Crippen molar-refractivity contribution in [2.45, 2.75) is 25.9 Å². The summed E-state index contributed by atoms with van der Waals surface area (Å²) >= 11 is 5.92. The monoisotopic (exact) mass is 447 g/mol. The molecule has 1 saturated heterocycles. The van der Waals surface area contributed by atoms with Crippen LogP contribution in [0.1, 0.15) is 30.1 Å². The van der Waals surface area contributed by atoms with E-state index >= 15 is 0 Å². The minimum Gasteiger partial charge on any atom is -0.381 e. The van der Waals surface area contributed by atoms with Crippen molar-refractivity contribution in [3.63, 3.8) is 0 Å². The number of hydrogen-bond acceptors (Lipinski definition) is 3. The summed E-state index contributed by atoms with van der Waals surface area (Å²) in [6.07, 6.45) is -2.30. The Morgan fingerprint density at radius 1 is 1.40 bits per heavy atom. The van der Waals surface area contributed by atoms with Crippen LogP contribution in [0.2, 0.25) is 5.02 Å². The van der Waals surface area contributed by atoms with Crippen LogP contribution in [0.3, 0.4) is 0 Å². The maximum absolute atomic E-state index is 14.0. The first kappa shape index (κ1) is 24.0. The summed E-state index contributed by atoms with van der Waals surface area (Å²) in [5.41, 5.74) is 0.243. The fourth-order valence-electron chi connectivity index (χ4n) is 3.29. The molecule has 0 aromatic heterocycles. The van der Waals surface area contributed by atoms with Gasteiger partial charge < -0.3 is 10.1 Å². The summed E-state index contributed by atoms with van der Waals surface area (Å²) in [5, 5.41) is 2.61. The van der Waals surface area contributed by atoms with E-state index in [0.29, 0.717) is 31.6 Å². The average molecular weight is 448 g/mol. The van der Waals surface area contributed by atoms with Crippen molar-refractivity contribution in [2.24, 2.45) is 21.8 Å². The second-order valence-corrected chi connectivity index (χ2v) is 7.25. The zero-order chi connectivity index (χ0) is 22.3. The number of halogens is 5. The Bertz CT molecular complexity index is 814. The zero-order valence-corrected chi connectivity index (χ0v) is 17.1. The van der Waals surface area contributed by atoms with Gasteiger partial charge in [0.2, 0.25) is 5.84 Å². The average Bonchev–Trinajstić information content (AvgIpc) is 2.68. The molecule has 1 aliphatic heterocycles. The third kappa shape index (κ3) is 6.37. The molecule has 0 saturated carbocycles. The lowest BCUT2D eigenvalue weighted by molar-refractivity contribution is -0.0596. The van der Waals surface area contributed by atoms with Crippen LogP contribution in [-0.4, -0.2) is 44.4 Å². The van der Waals surface area contributed by atoms with Crippen molar-refractivity contribution in [2.75, 3.05) is 19.8 Å². The summed E-state index contributed by atoms with van der Waals surface area (Å²) < 4.78 is 57.8. The molecule has 2 rings (SSSR count). The van der Waals surface area contributed by atoms with Crippen molar-refractivity contribution < 1.29 is 27.1 Å². The Labute approximate surface area is 176 Å². The fraction of sp³-hybridized carbons (Fsp3) is 0.450. The molecular weight excluding hydrogens is 426 g/mol. The lowest BCUT2D eigenvalue weighted by atomic mass is 9.81. The Morgan fingerprint density at radius 2 is 2.07 bits per heavy atom. The van der Waals surface area contributed by atoms with Crippen LogP contribution in [0.4, 0.5) is 17.6 Å². The summed E-state index contributed by atoms with van der Waals surface area (Å²) in [6, 6.07) is 3.91. The van der Waals surface area contributed by atoms with Gasteiger partial charge in [-0.15, -0.1) is 0 Å². The molecule has 1 amide bonds. The zero-order valence-electron chi connectivity index (χ0n) is 16.3. The van der Waals surface area contributed by atoms with Gasteiger partial charge >= 0.3 is 6.18 Å². The molecule has 1 atom stereocenters. The van der Waals surface area contributed by atoms with Gasteiger partial charge in [0.15, 0.2) is 0 Å². The maximum atomic E-state index is 14.0. The van der Waals surface area contributed by atoms with Crippen molar-refractivity contribution in [1.82, 2.24) is 5.32 Å². The molecule has 1 aromatic carbocycles. The largest absolute Gasteiger partial charge is 0.451 e. The normalized spacial score (nSPS) is 17.5. The van der Waals surface area contributed by atoms with E-state index in [0.717, 1.165) is 12.3 Å². The number of alkyl halides is 3. The molecule has 1 aliphatic rings. The van der Waals surface area contributed by atoms with E-state index < -0.39 is 23.7 Å². The molecule has 30 heavy (non-hydrogen) atoms. The molecule has 5 nitrogen and oxygen atoms in total. The lowest BCUT2D eigenvalue weighted by Gasteiger charge is -2.31. The lowest BCUT2D eigenvalue weighted by Crippen LogP contribution is -2.36. The third-order valence-electron chi connectivity index (χ3n) is 4.89. The minimum atomic E-state index is -4.72. The van der Waals surface area contributed by atoms with Gasteiger partial charge in [0, 0.05) is 31.9 Å². The number of nitrogens with one attached hydrogen (secondary N) is 1. The Kier molecular flexibility index (Phi) is 8.54. The first-order valence-corrected chi connectivity index (χ1v) is 9.61. The quantitative estimate of drug-likeness (QED) is 0.386. The number of amidine groups is 1. The predicted molar refractivity (Wildman–Crippen MR) is 108 cm³/mol. The van der Waals surface area contributed by atoms with Gasteiger partial charge in [-0.3, -0.25) is 4.79 Å². The molecule has 1 N–H and O–H groups in total. The highest BCUT2D eigenvalue weighted by atomic mass is 35.5. The van der Waals surface area contributed by atoms with Crippen molar-refractivity contribution in [1.29, 1.82) is 0 Å². The third-order valence-corrected chi connectivity index (χ3v) is 5.20. The Morgan fingerprint density at radius 3 is 2.63 bits per heavy atom. The standard InChI is InChI=1S/C20H22ClF4N3O2/c1-12(10-28-19(26-2)20(23,24)25)14(13-6-8-30-9-7-13)11-27-18(29)17-15(21)4-3-5-16(17)22/h3-5,10,13-14H,2,6-9,11H2,1H3,(H,27,29)/b12-10+,28-19?. The molecule has 164 valence electrons. The number of nitrogens with zero attached hydrogens (tertiary/aromatic N) is 2. The van der Waals surface area contributed by atoms with Gasteiger partial charge in [-0.1, -0.05) is 17.7 Å².